The smallest absolute Gasteiger partial charge is 0.256 e. The number of benzene rings is 2. The summed E-state index contributed by atoms with van der Waals surface area (Å²) in [5.74, 6) is -2.82. The van der Waals surface area contributed by atoms with Gasteiger partial charge in [-0.3, -0.25) is 4.79 Å². The summed E-state index contributed by atoms with van der Waals surface area (Å²) in [6, 6.07) is 6.64. The summed E-state index contributed by atoms with van der Waals surface area (Å²) >= 11 is 6.18. The number of halogens is 4. The first-order valence-electron chi connectivity index (χ1n) is 8.92. The maximum Gasteiger partial charge on any atom is 0.256 e. The van der Waals surface area contributed by atoms with Gasteiger partial charge in [0, 0.05) is 22.8 Å². The van der Waals surface area contributed by atoms with Crippen molar-refractivity contribution in [1.29, 1.82) is 0 Å². The van der Waals surface area contributed by atoms with Gasteiger partial charge in [-0.05, 0) is 42.8 Å². The molecular weight excluding hydrogens is 431 g/mol. The summed E-state index contributed by atoms with van der Waals surface area (Å²) in [4.78, 5) is 18.0. The van der Waals surface area contributed by atoms with Gasteiger partial charge in [0.1, 0.15) is 17.5 Å². The molecular formula is C21H13ClF3N5O. The molecule has 156 valence electrons. The van der Waals surface area contributed by atoms with E-state index in [4.69, 9.17) is 11.6 Å². The molecule has 6 nitrogen and oxygen atoms in total. The molecule has 0 fully saturated rings. The highest BCUT2D eigenvalue weighted by atomic mass is 35.5. The lowest BCUT2D eigenvalue weighted by atomic mass is 9.98. The number of aryl methyl sites for hydroxylation is 1. The van der Waals surface area contributed by atoms with Crippen LogP contribution in [0, 0.1) is 24.4 Å². The number of hydrogen-bond donors (Lipinski definition) is 1. The number of amides is 1. The molecule has 0 atom stereocenters. The Bertz CT molecular complexity index is 1290. The van der Waals surface area contributed by atoms with Crippen LogP contribution in [0.25, 0.3) is 16.9 Å². The molecule has 1 N–H and O–H groups in total. The maximum atomic E-state index is 14.7. The minimum atomic E-state index is -0.900. The molecule has 4 aromatic rings. The van der Waals surface area contributed by atoms with Crippen LogP contribution in [0.5, 0.6) is 0 Å². The zero-order chi connectivity index (χ0) is 22.1. The summed E-state index contributed by atoms with van der Waals surface area (Å²) in [6.45, 7) is 1.58. The first kappa shape index (κ1) is 20.5. The zero-order valence-corrected chi connectivity index (χ0v) is 16.7. The topological polar surface area (TPSA) is 72.7 Å². The molecule has 2 aromatic carbocycles. The number of nitrogens with zero attached hydrogens (tertiary/aromatic N) is 4. The first-order chi connectivity index (χ1) is 14.8. The number of hydrogen-bond acceptors (Lipinski definition) is 4. The monoisotopic (exact) mass is 443 g/mol. The van der Waals surface area contributed by atoms with E-state index in [2.05, 4.69) is 20.5 Å². The minimum absolute atomic E-state index is 0.0395. The number of anilines is 1. The molecule has 0 saturated carbocycles. The lowest BCUT2D eigenvalue weighted by Gasteiger charge is -2.12. The van der Waals surface area contributed by atoms with E-state index in [0.717, 1.165) is 18.2 Å². The predicted octanol–water partition coefficient (Wildman–Crippen LogP) is 4.96. The highest BCUT2D eigenvalue weighted by molar-refractivity contribution is 6.32. The van der Waals surface area contributed by atoms with Crippen molar-refractivity contribution in [3.05, 3.63) is 88.6 Å². The van der Waals surface area contributed by atoms with Gasteiger partial charge in [0.2, 0.25) is 0 Å². The van der Waals surface area contributed by atoms with Crippen LogP contribution in [-0.4, -0.2) is 25.9 Å². The average Bonchev–Trinajstić information content (AvgIpc) is 3.24. The molecule has 0 radical (unpaired) electrons. The van der Waals surface area contributed by atoms with Gasteiger partial charge >= 0.3 is 0 Å². The molecule has 0 bridgehead atoms. The van der Waals surface area contributed by atoms with Gasteiger partial charge in [0.25, 0.3) is 5.91 Å². The summed E-state index contributed by atoms with van der Waals surface area (Å²) in [7, 11) is 0. The van der Waals surface area contributed by atoms with Crippen molar-refractivity contribution in [2.24, 2.45) is 0 Å². The number of carbonyl (C=O) groups excluding carboxylic acids is 1. The highest BCUT2D eigenvalue weighted by Gasteiger charge is 2.18. The summed E-state index contributed by atoms with van der Waals surface area (Å²) in [6.07, 6.45) is 4.29. The molecule has 4 rings (SSSR count). The Labute approximate surface area is 179 Å². The Morgan fingerprint density at radius 1 is 1.00 bits per heavy atom. The second-order valence-electron chi connectivity index (χ2n) is 6.57. The van der Waals surface area contributed by atoms with Crippen molar-refractivity contribution in [3.8, 4) is 16.9 Å². The first-order valence-corrected chi connectivity index (χ1v) is 9.30. The molecule has 1 amide bonds. The molecule has 0 aliphatic carbocycles. The third-order valence-electron chi connectivity index (χ3n) is 4.47. The van der Waals surface area contributed by atoms with Gasteiger partial charge in [-0.1, -0.05) is 11.6 Å². The van der Waals surface area contributed by atoms with Gasteiger partial charge < -0.3 is 5.32 Å². The minimum Gasteiger partial charge on any atom is -0.321 e. The fourth-order valence-corrected chi connectivity index (χ4v) is 3.25. The van der Waals surface area contributed by atoms with E-state index in [-0.39, 0.29) is 33.2 Å². The van der Waals surface area contributed by atoms with Crippen molar-refractivity contribution < 1.29 is 18.0 Å². The normalized spacial score (nSPS) is 10.9. The number of nitrogens with one attached hydrogen (secondary N) is 1. The van der Waals surface area contributed by atoms with Gasteiger partial charge in [0.15, 0.2) is 5.82 Å². The lowest BCUT2D eigenvalue weighted by Crippen LogP contribution is -2.15. The van der Waals surface area contributed by atoms with E-state index in [0.29, 0.717) is 11.6 Å². The highest BCUT2D eigenvalue weighted by Crippen LogP contribution is 2.29. The largest absolute Gasteiger partial charge is 0.321 e. The Morgan fingerprint density at radius 3 is 2.39 bits per heavy atom. The average molecular weight is 444 g/mol. The van der Waals surface area contributed by atoms with Crippen molar-refractivity contribution in [2.75, 3.05) is 5.32 Å². The molecule has 0 aliphatic rings. The zero-order valence-electron chi connectivity index (χ0n) is 15.9. The van der Waals surface area contributed by atoms with Crippen LogP contribution in [0.1, 0.15) is 15.9 Å². The van der Waals surface area contributed by atoms with Crippen LogP contribution in [0.4, 0.5) is 18.9 Å². The molecule has 0 aliphatic heterocycles. The number of aromatic nitrogens is 4. The summed E-state index contributed by atoms with van der Waals surface area (Å²) in [5.41, 5.74) is 0.534. The van der Waals surface area contributed by atoms with Gasteiger partial charge in [0.05, 0.1) is 29.3 Å². The molecule has 0 saturated heterocycles. The van der Waals surface area contributed by atoms with Crippen molar-refractivity contribution in [2.45, 2.75) is 6.92 Å². The van der Waals surface area contributed by atoms with Crippen molar-refractivity contribution in [1.82, 2.24) is 20.0 Å². The fourth-order valence-electron chi connectivity index (χ4n) is 3.01. The van der Waals surface area contributed by atoms with Gasteiger partial charge in [-0.2, -0.15) is 10.2 Å². The quantitative estimate of drug-likeness (QED) is 0.484. The summed E-state index contributed by atoms with van der Waals surface area (Å²) in [5, 5.41) is 10.7. The van der Waals surface area contributed by atoms with E-state index >= 15 is 0 Å². The van der Waals surface area contributed by atoms with Crippen LogP contribution in [0.3, 0.4) is 0 Å². The lowest BCUT2D eigenvalue weighted by molar-refractivity contribution is 0.102. The summed E-state index contributed by atoms with van der Waals surface area (Å²) < 4.78 is 41.9. The Balaban J connectivity index is 1.61. The van der Waals surface area contributed by atoms with Crippen molar-refractivity contribution >= 4 is 23.2 Å². The SMILES string of the molecule is Cc1cc(-c2ccc(F)cc2F)c(F)cc1C(=O)Nc1cnc(-n2nccn2)c(Cl)c1. The number of pyridine rings is 1. The van der Waals surface area contributed by atoms with E-state index in [9.17, 15) is 18.0 Å². The molecule has 2 aromatic heterocycles. The Hall–Kier alpha value is -3.72. The molecule has 0 spiro atoms. The van der Waals surface area contributed by atoms with E-state index < -0.39 is 23.4 Å². The molecule has 0 unspecified atom stereocenters. The van der Waals surface area contributed by atoms with E-state index in [1.54, 1.807) is 6.92 Å². The van der Waals surface area contributed by atoms with Crippen LogP contribution >= 0.6 is 11.6 Å². The maximum absolute atomic E-state index is 14.7. The van der Waals surface area contributed by atoms with Crippen LogP contribution in [0.2, 0.25) is 5.02 Å². The van der Waals surface area contributed by atoms with Crippen molar-refractivity contribution in [3.63, 3.8) is 0 Å². The molecule has 10 heteroatoms. The number of rotatable bonds is 4. The number of carbonyl (C=O) groups is 1. The predicted molar refractivity (Wildman–Crippen MR) is 109 cm³/mol. The molecule has 31 heavy (non-hydrogen) atoms. The standard InChI is InChI=1S/C21H13ClF3N5O/c1-11-6-16(14-3-2-12(23)7-18(14)24)19(25)9-15(11)21(31)29-13-8-17(22)20(26-10-13)30-27-4-5-28-30/h2-10H,1H3,(H,29,31). The van der Waals surface area contributed by atoms with Crippen LogP contribution in [-0.2, 0) is 0 Å². The van der Waals surface area contributed by atoms with E-state index in [1.165, 1.54) is 35.5 Å². The van der Waals surface area contributed by atoms with Gasteiger partial charge in [-0.15, -0.1) is 4.80 Å². The Kier molecular flexibility index (Phi) is 5.43. The van der Waals surface area contributed by atoms with Crippen LogP contribution < -0.4 is 5.32 Å². The van der Waals surface area contributed by atoms with E-state index in [1.807, 2.05) is 0 Å². The van der Waals surface area contributed by atoms with Gasteiger partial charge in [-0.25, -0.2) is 18.2 Å². The fraction of sp³-hybridized carbons (Fsp3) is 0.0476. The second-order valence-corrected chi connectivity index (χ2v) is 6.98. The third kappa shape index (κ3) is 4.13. The van der Waals surface area contributed by atoms with Crippen LogP contribution in [0.15, 0.2) is 55.0 Å². The third-order valence-corrected chi connectivity index (χ3v) is 4.75. The second kappa shape index (κ2) is 8.19. The Morgan fingerprint density at radius 2 is 1.71 bits per heavy atom. The molecule has 2 heterocycles.